The standard InChI is InChI=1S/C22H36N2O3/c1-9-23(10-2)21(25)19-14-17(15(5)6)13-18(16(7)8)20(19)27-22(26)24(11-3)12-4/h13-16H,9-12H2,1-8H3. The molecule has 0 N–H and O–H groups in total. The predicted molar refractivity (Wildman–Crippen MR) is 111 cm³/mol. The summed E-state index contributed by atoms with van der Waals surface area (Å²) in [7, 11) is 0. The third kappa shape index (κ3) is 5.47. The molecule has 1 aromatic carbocycles. The summed E-state index contributed by atoms with van der Waals surface area (Å²) in [6.07, 6.45) is -0.409. The highest BCUT2D eigenvalue weighted by atomic mass is 16.6. The van der Waals surface area contributed by atoms with E-state index in [0.29, 0.717) is 37.5 Å². The Hall–Kier alpha value is -2.04. The van der Waals surface area contributed by atoms with Crippen molar-refractivity contribution in [1.29, 1.82) is 0 Å². The molecular formula is C22H36N2O3. The van der Waals surface area contributed by atoms with Crippen LogP contribution in [0.4, 0.5) is 4.79 Å². The number of hydrogen-bond acceptors (Lipinski definition) is 3. The van der Waals surface area contributed by atoms with E-state index in [-0.39, 0.29) is 17.7 Å². The van der Waals surface area contributed by atoms with Crippen molar-refractivity contribution in [2.24, 2.45) is 0 Å². The predicted octanol–water partition coefficient (Wildman–Crippen LogP) is 5.26. The second-order valence-electron chi connectivity index (χ2n) is 7.31. The molecule has 27 heavy (non-hydrogen) atoms. The Morgan fingerprint density at radius 1 is 0.852 bits per heavy atom. The van der Waals surface area contributed by atoms with E-state index in [4.69, 9.17) is 4.74 Å². The summed E-state index contributed by atoms with van der Waals surface area (Å²) in [4.78, 5) is 29.2. The van der Waals surface area contributed by atoms with Gasteiger partial charge in [-0.15, -0.1) is 0 Å². The summed E-state index contributed by atoms with van der Waals surface area (Å²) in [5.74, 6) is 0.722. The average Bonchev–Trinajstić information content (AvgIpc) is 2.63. The number of rotatable bonds is 8. The molecule has 1 aromatic rings. The van der Waals surface area contributed by atoms with Crippen LogP contribution in [0.1, 0.15) is 88.7 Å². The zero-order valence-electron chi connectivity index (χ0n) is 18.3. The van der Waals surface area contributed by atoms with Crippen LogP contribution in [0.15, 0.2) is 12.1 Å². The van der Waals surface area contributed by atoms with Crippen molar-refractivity contribution in [2.45, 2.75) is 67.2 Å². The highest BCUT2D eigenvalue weighted by molar-refractivity contribution is 5.98. The quantitative estimate of drug-likeness (QED) is 0.622. The summed E-state index contributed by atoms with van der Waals surface area (Å²) in [5.41, 5.74) is 2.46. The van der Waals surface area contributed by atoms with Crippen LogP contribution < -0.4 is 4.74 Å². The summed E-state index contributed by atoms with van der Waals surface area (Å²) in [5, 5.41) is 0. The zero-order valence-corrected chi connectivity index (χ0v) is 18.3. The van der Waals surface area contributed by atoms with Crippen LogP contribution in [-0.2, 0) is 0 Å². The Balaban J connectivity index is 3.59. The summed E-state index contributed by atoms with van der Waals surface area (Å²) >= 11 is 0. The topological polar surface area (TPSA) is 49.9 Å². The van der Waals surface area contributed by atoms with E-state index in [1.165, 1.54) is 0 Å². The van der Waals surface area contributed by atoms with Crippen LogP contribution in [0.25, 0.3) is 0 Å². The molecule has 0 bridgehead atoms. The van der Waals surface area contributed by atoms with Crippen LogP contribution in [0.3, 0.4) is 0 Å². The normalized spacial score (nSPS) is 11.0. The number of nitrogens with zero attached hydrogens (tertiary/aromatic N) is 2. The van der Waals surface area contributed by atoms with Gasteiger partial charge < -0.3 is 14.5 Å². The van der Waals surface area contributed by atoms with Gasteiger partial charge in [0.2, 0.25) is 0 Å². The molecule has 0 aromatic heterocycles. The largest absolute Gasteiger partial charge is 0.415 e. The lowest BCUT2D eigenvalue weighted by atomic mass is 9.91. The lowest BCUT2D eigenvalue weighted by molar-refractivity contribution is 0.0769. The molecule has 0 spiro atoms. The van der Waals surface area contributed by atoms with E-state index in [1.807, 2.05) is 33.8 Å². The molecule has 0 saturated heterocycles. The highest BCUT2D eigenvalue weighted by Gasteiger charge is 2.26. The molecule has 152 valence electrons. The van der Waals surface area contributed by atoms with Crippen LogP contribution >= 0.6 is 0 Å². The zero-order chi connectivity index (χ0) is 20.7. The molecule has 0 fully saturated rings. The average molecular weight is 377 g/mol. The number of hydrogen-bond donors (Lipinski definition) is 0. The maximum atomic E-state index is 13.2. The Kier molecular flexibility index (Phi) is 8.80. The summed E-state index contributed by atoms with van der Waals surface area (Å²) in [6, 6.07) is 3.96. The van der Waals surface area contributed by atoms with Gasteiger partial charge in [0.1, 0.15) is 5.75 Å². The van der Waals surface area contributed by atoms with Gasteiger partial charge in [0, 0.05) is 26.2 Å². The molecule has 0 unspecified atom stereocenters. The Morgan fingerprint density at radius 2 is 1.37 bits per heavy atom. The van der Waals surface area contributed by atoms with Gasteiger partial charge in [-0.25, -0.2) is 4.79 Å². The van der Waals surface area contributed by atoms with E-state index in [2.05, 4.69) is 33.8 Å². The minimum atomic E-state index is -0.409. The van der Waals surface area contributed by atoms with Crippen LogP contribution in [-0.4, -0.2) is 48.0 Å². The van der Waals surface area contributed by atoms with Crippen molar-refractivity contribution >= 4 is 12.0 Å². The number of ether oxygens (including phenoxy) is 1. The molecule has 0 atom stereocenters. The fourth-order valence-corrected chi connectivity index (χ4v) is 3.02. The van der Waals surface area contributed by atoms with Gasteiger partial charge in [0.15, 0.2) is 0 Å². The molecule has 0 aliphatic carbocycles. The maximum Gasteiger partial charge on any atom is 0.415 e. The Morgan fingerprint density at radius 3 is 1.78 bits per heavy atom. The molecule has 0 radical (unpaired) electrons. The Bertz CT molecular complexity index is 645. The van der Waals surface area contributed by atoms with E-state index < -0.39 is 6.09 Å². The molecule has 0 saturated carbocycles. The Labute approximate surface area is 164 Å². The molecule has 0 aliphatic rings. The fraction of sp³-hybridized carbons (Fsp3) is 0.636. The maximum absolute atomic E-state index is 13.2. The van der Waals surface area contributed by atoms with Crippen LogP contribution in [0.5, 0.6) is 5.75 Å². The van der Waals surface area contributed by atoms with E-state index in [1.54, 1.807) is 9.80 Å². The molecule has 2 amide bonds. The number of carbonyl (C=O) groups is 2. The lowest BCUT2D eigenvalue weighted by Crippen LogP contribution is -2.35. The van der Waals surface area contributed by atoms with Crippen molar-refractivity contribution in [1.82, 2.24) is 9.80 Å². The van der Waals surface area contributed by atoms with E-state index in [0.717, 1.165) is 11.1 Å². The number of benzene rings is 1. The van der Waals surface area contributed by atoms with Crippen molar-refractivity contribution < 1.29 is 14.3 Å². The van der Waals surface area contributed by atoms with E-state index >= 15 is 0 Å². The molecule has 0 aliphatic heterocycles. The monoisotopic (exact) mass is 376 g/mol. The first-order chi connectivity index (χ1) is 12.7. The first kappa shape index (κ1) is 23.0. The van der Waals surface area contributed by atoms with Crippen LogP contribution in [0, 0.1) is 0 Å². The molecule has 0 heterocycles. The van der Waals surface area contributed by atoms with Gasteiger partial charge >= 0.3 is 6.09 Å². The van der Waals surface area contributed by atoms with Gasteiger partial charge in [-0.05, 0) is 56.7 Å². The SMILES string of the molecule is CCN(CC)C(=O)Oc1c(C(=O)N(CC)CC)cc(C(C)C)cc1C(C)C. The van der Waals surface area contributed by atoms with Crippen molar-refractivity contribution in [3.05, 3.63) is 28.8 Å². The molecule has 1 rings (SSSR count). The second kappa shape index (κ2) is 10.3. The van der Waals surface area contributed by atoms with Gasteiger partial charge in [0.25, 0.3) is 5.91 Å². The summed E-state index contributed by atoms with van der Waals surface area (Å²) in [6.45, 7) is 18.4. The van der Waals surface area contributed by atoms with Crippen molar-refractivity contribution in [3.8, 4) is 5.75 Å². The smallest absolute Gasteiger partial charge is 0.409 e. The van der Waals surface area contributed by atoms with E-state index in [9.17, 15) is 9.59 Å². The summed E-state index contributed by atoms with van der Waals surface area (Å²) < 4.78 is 5.82. The van der Waals surface area contributed by atoms with Gasteiger partial charge in [-0.3, -0.25) is 4.79 Å². The van der Waals surface area contributed by atoms with Crippen molar-refractivity contribution in [2.75, 3.05) is 26.2 Å². The number of amides is 2. The van der Waals surface area contributed by atoms with Gasteiger partial charge in [-0.1, -0.05) is 33.8 Å². The van der Waals surface area contributed by atoms with Gasteiger partial charge in [-0.2, -0.15) is 0 Å². The third-order valence-corrected chi connectivity index (χ3v) is 4.92. The first-order valence-electron chi connectivity index (χ1n) is 10.1. The molecular weight excluding hydrogens is 340 g/mol. The first-order valence-corrected chi connectivity index (χ1v) is 10.1. The number of carbonyl (C=O) groups excluding carboxylic acids is 2. The minimum absolute atomic E-state index is 0.0910. The van der Waals surface area contributed by atoms with Gasteiger partial charge in [0.05, 0.1) is 5.56 Å². The fourth-order valence-electron chi connectivity index (χ4n) is 3.02. The third-order valence-electron chi connectivity index (χ3n) is 4.92. The minimum Gasteiger partial charge on any atom is -0.409 e. The van der Waals surface area contributed by atoms with Crippen LogP contribution in [0.2, 0.25) is 0 Å². The molecule has 5 nitrogen and oxygen atoms in total. The highest BCUT2D eigenvalue weighted by Crippen LogP contribution is 2.35. The second-order valence-corrected chi connectivity index (χ2v) is 7.31. The lowest BCUT2D eigenvalue weighted by Gasteiger charge is -2.25. The van der Waals surface area contributed by atoms with Crippen molar-refractivity contribution in [3.63, 3.8) is 0 Å². The molecule has 5 heteroatoms.